The van der Waals surface area contributed by atoms with E-state index < -0.39 is 6.23 Å². The minimum atomic E-state index is -0.647. The van der Waals surface area contributed by atoms with E-state index in [9.17, 15) is 9.50 Å². The summed E-state index contributed by atoms with van der Waals surface area (Å²) in [6.07, 6.45) is 4.43. The Bertz CT molecular complexity index is 307. The number of rotatable bonds is 1. The van der Waals surface area contributed by atoms with Crippen LogP contribution in [0.5, 0.6) is 0 Å². The van der Waals surface area contributed by atoms with Crippen molar-refractivity contribution in [1.29, 1.82) is 0 Å². The molecule has 0 saturated carbocycles. The summed E-state index contributed by atoms with van der Waals surface area (Å²) >= 11 is 0. The Morgan fingerprint density at radius 2 is 2.54 bits per heavy atom. The summed E-state index contributed by atoms with van der Waals surface area (Å²) in [7, 11) is 0. The molecule has 0 aromatic rings. The van der Waals surface area contributed by atoms with Crippen molar-refractivity contribution in [3.63, 3.8) is 0 Å². The van der Waals surface area contributed by atoms with Gasteiger partial charge in [-0.3, -0.25) is 4.99 Å². The number of hydrogen-bond acceptors (Lipinski definition) is 3. The van der Waals surface area contributed by atoms with Gasteiger partial charge in [-0.15, -0.1) is 0 Å². The number of halogens is 1. The smallest absolute Gasteiger partial charge is 0.129 e. The van der Waals surface area contributed by atoms with E-state index in [2.05, 4.69) is 4.99 Å². The number of aliphatic hydroxyl groups excluding tert-OH is 1. The summed E-state index contributed by atoms with van der Waals surface area (Å²) < 4.78 is 12.9. The highest BCUT2D eigenvalue weighted by molar-refractivity contribution is 5.64. The molecule has 13 heavy (non-hydrogen) atoms. The molecule has 1 aliphatic heterocycles. The second-order valence-corrected chi connectivity index (χ2v) is 3.21. The highest BCUT2D eigenvalue weighted by atomic mass is 19.1. The molecule has 4 heteroatoms. The Labute approximate surface area is 75.9 Å². The van der Waals surface area contributed by atoms with Crippen LogP contribution in [-0.4, -0.2) is 28.6 Å². The fraction of sp³-hybridized carbons (Fsp3) is 0.444. The third-order valence-electron chi connectivity index (χ3n) is 2.24. The van der Waals surface area contributed by atoms with Gasteiger partial charge in [0, 0.05) is 5.70 Å². The molecule has 0 aromatic heterocycles. The molecule has 0 aromatic carbocycles. The van der Waals surface area contributed by atoms with Crippen LogP contribution in [0.1, 0.15) is 13.3 Å². The van der Waals surface area contributed by atoms with Gasteiger partial charge >= 0.3 is 0 Å². The first kappa shape index (κ1) is 8.44. The lowest BCUT2D eigenvalue weighted by Crippen LogP contribution is -2.30. The zero-order valence-corrected chi connectivity index (χ0v) is 7.31. The molecule has 2 rings (SSSR count). The lowest BCUT2D eigenvalue weighted by Gasteiger charge is -2.23. The number of nitrogens with zero attached hydrogens (tertiary/aromatic N) is 2. The van der Waals surface area contributed by atoms with Crippen LogP contribution in [0.2, 0.25) is 0 Å². The highest BCUT2D eigenvalue weighted by Crippen LogP contribution is 2.28. The van der Waals surface area contributed by atoms with Crippen molar-refractivity contribution >= 4 is 6.34 Å². The standard InChI is InChI=1S/C9H11FN2O/c1-6(13)12-5-11-8-3-2-7(10)4-9(8)12/h2,4-6,8,13H,3H2,1H3/t6-,8?/m1/s1. The van der Waals surface area contributed by atoms with E-state index in [-0.39, 0.29) is 11.9 Å². The molecule has 2 atom stereocenters. The summed E-state index contributed by atoms with van der Waals surface area (Å²) in [5.74, 6) is -0.248. The molecule has 1 unspecified atom stereocenters. The third kappa shape index (κ3) is 1.37. The Balaban J connectivity index is 2.27. The summed E-state index contributed by atoms with van der Waals surface area (Å²) in [6.45, 7) is 1.63. The van der Waals surface area contributed by atoms with Gasteiger partial charge in [-0.2, -0.15) is 0 Å². The van der Waals surface area contributed by atoms with Crippen LogP contribution in [0.4, 0.5) is 4.39 Å². The third-order valence-corrected chi connectivity index (χ3v) is 2.24. The quantitative estimate of drug-likeness (QED) is 0.661. The minimum Gasteiger partial charge on any atom is -0.374 e. The fourth-order valence-corrected chi connectivity index (χ4v) is 1.56. The summed E-state index contributed by atoms with van der Waals surface area (Å²) in [6, 6.07) is -0.00546. The van der Waals surface area contributed by atoms with Gasteiger partial charge in [-0.05, 0) is 25.5 Å². The van der Waals surface area contributed by atoms with Crippen LogP contribution < -0.4 is 0 Å². The second kappa shape index (κ2) is 2.96. The maximum absolute atomic E-state index is 12.9. The molecule has 2 aliphatic rings. The number of aliphatic imine (C=N–C) groups is 1. The average Bonchev–Trinajstić information content (AvgIpc) is 2.46. The normalized spacial score (nSPS) is 28.2. The van der Waals surface area contributed by atoms with E-state index in [1.807, 2.05) is 0 Å². The molecule has 0 amide bonds. The largest absolute Gasteiger partial charge is 0.374 e. The Hall–Kier alpha value is -1.16. The first-order valence-corrected chi connectivity index (χ1v) is 4.25. The van der Waals surface area contributed by atoms with Gasteiger partial charge in [0.1, 0.15) is 12.1 Å². The van der Waals surface area contributed by atoms with E-state index in [1.54, 1.807) is 18.2 Å². The SMILES string of the molecule is C[C@@H](O)N1C=NC2CC=C(F)C=C21. The van der Waals surface area contributed by atoms with Gasteiger partial charge in [0.25, 0.3) is 0 Å². The van der Waals surface area contributed by atoms with Crippen molar-refractivity contribution in [1.82, 2.24) is 4.90 Å². The summed E-state index contributed by atoms with van der Waals surface area (Å²) in [4.78, 5) is 5.74. The van der Waals surface area contributed by atoms with Crippen LogP contribution in [0.3, 0.4) is 0 Å². The van der Waals surface area contributed by atoms with Crippen molar-refractivity contribution in [2.24, 2.45) is 4.99 Å². The average molecular weight is 182 g/mol. The highest BCUT2D eigenvalue weighted by Gasteiger charge is 2.28. The number of hydrogen-bond donors (Lipinski definition) is 1. The molecule has 1 heterocycles. The maximum atomic E-state index is 12.9. The van der Waals surface area contributed by atoms with Crippen LogP contribution in [-0.2, 0) is 0 Å². The van der Waals surface area contributed by atoms with Gasteiger partial charge < -0.3 is 10.0 Å². The van der Waals surface area contributed by atoms with E-state index in [0.29, 0.717) is 6.42 Å². The van der Waals surface area contributed by atoms with Crippen molar-refractivity contribution in [2.45, 2.75) is 25.6 Å². The van der Waals surface area contributed by atoms with E-state index in [4.69, 9.17) is 0 Å². The van der Waals surface area contributed by atoms with E-state index in [1.165, 1.54) is 12.2 Å². The maximum Gasteiger partial charge on any atom is 0.129 e. The molecule has 0 saturated heterocycles. The summed E-state index contributed by atoms with van der Waals surface area (Å²) in [5.41, 5.74) is 0.745. The molecule has 0 bridgehead atoms. The van der Waals surface area contributed by atoms with Crippen LogP contribution in [0.25, 0.3) is 0 Å². The van der Waals surface area contributed by atoms with Crippen molar-refractivity contribution in [3.05, 3.63) is 23.7 Å². The molecule has 1 N–H and O–H groups in total. The molecular weight excluding hydrogens is 171 g/mol. The van der Waals surface area contributed by atoms with Crippen molar-refractivity contribution < 1.29 is 9.50 Å². The molecule has 0 fully saturated rings. The van der Waals surface area contributed by atoms with E-state index >= 15 is 0 Å². The zero-order valence-electron chi connectivity index (χ0n) is 7.31. The predicted molar refractivity (Wildman–Crippen MR) is 47.7 cm³/mol. The molecule has 1 aliphatic carbocycles. The monoisotopic (exact) mass is 182 g/mol. The lowest BCUT2D eigenvalue weighted by atomic mass is 10.1. The number of fused-ring (bicyclic) bond motifs is 1. The molecule has 70 valence electrons. The first-order valence-electron chi connectivity index (χ1n) is 4.25. The molecular formula is C9H11FN2O. The fourth-order valence-electron chi connectivity index (χ4n) is 1.56. The van der Waals surface area contributed by atoms with Crippen LogP contribution in [0.15, 0.2) is 28.7 Å². The van der Waals surface area contributed by atoms with Gasteiger partial charge in [0.15, 0.2) is 0 Å². The predicted octanol–water partition coefficient (Wildman–Crippen LogP) is 1.18. The van der Waals surface area contributed by atoms with E-state index in [0.717, 1.165) is 5.70 Å². The Kier molecular flexibility index (Phi) is 1.92. The Morgan fingerprint density at radius 1 is 1.77 bits per heavy atom. The van der Waals surface area contributed by atoms with Gasteiger partial charge in [-0.25, -0.2) is 4.39 Å². The number of aliphatic hydroxyl groups is 1. The lowest BCUT2D eigenvalue weighted by molar-refractivity contribution is 0.0963. The van der Waals surface area contributed by atoms with Crippen LogP contribution in [0, 0.1) is 0 Å². The van der Waals surface area contributed by atoms with Crippen LogP contribution >= 0.6 is 0 Å². The first-order chi connectivity index (χ1) is 6.18. The number of allylic oxidation sites excluding steroid dienone is 2. The van der Waals surface area contributed by atoms with Crippen molar-refractivity contribution in [2.75, 3.05) is 0 Å². The minimum absolute atomic E-state index is 0.00546. The molecule has 0 spiro atoms. The van der Waals surface area contributed by atoms with Gasteiger partial charge in [0.05, 0.1) is 12.4 Å². The topological polar surface area (TPSA) is 35.8 Å². The second-order valence-electron chi connectivity index (χ2n) is 3.21. The molecule has 3 nitrogen and oxygen atoms in total. The molecule has 0 radical (unpaired) electrons. The zero-order chi connectivity index (χ0) is 9.42. The van der Waals surface area contributed by atoms with Crippen molar-refractivity contribution in [3.8, 4) is 0 Å². The Morgan fingerprint density at radius 3 is 3.23 bits per heavy atom. The van der Waals surface area contributed by atoms with Gasteiger partial charge in [0.2, 0.25) is 0 Å². The summed E-state index contributed by atoms with van der Waals surface area (Å²) in [5, 5.41) is 9.33. The van der Waals surface area contributed by atoms with Gasteiger partial charge in [-0.1, -0.05) is 0 Å².